The summed E-state index contributed by atoms with van der Waals surface area (Å²) >= 11 is 0. The predicted octanol–water partition coefficient (Wildman–Crippen LogP) is 1.67. The molecule has 0 bridgehead atoms. The molecule has 102 valence electrons. The molecule has 0 fully saturated rings. The minimum Gasteiger partial charge on any atom is -0.497 e. The highest BCUT2D eigenvalue weighted by Crippen LogP contribution is 2.18. The van der Waals surface area contributed by atoms with E-state index < -0.39 is 5.54 Å². The van der Waals surface area contributed by atoms with Crippen molar-refractivity contribution in [1.82, 2.24) is 15.0 Å². The van der Waals surface area contributed by atoms with Gasteiger partial charge in [0.15, 0.2) is 0 Å². The van der Waals surface area contributed by atoms with Crippen molar-refractivity contribution in [2.45, 2.75) is 25.9 Å². The summed E-state index contributed by atoms with van der Waals surface area (Å²) < 4.78 is 20.3. The van der Waals surface area contributed by atoms with Crippen LogP contribution in [0.25, 0.3) is 0 Å². The quantitative estimate of drug-likeness (QED) is 0.912. The summed E-state index contributed by atoms with van der Waals surface area (Å²) in [5.74, 6) is 0.159. The predicted molar refractivity (Wildman–Crippen MR) is 69.3 cm³/mol. The molecule has 5 nitrogen and oxygen atoms in total. The van der Waals surface area contributed by atoms with Crippen molar-refractivity contribution in [2.24, 2.45) is 5.73 Å². The van der Waals surface area contributed by atoms with E-state index in [1.807, 2.05) is 13.8 Å². The summed E-state index contributed by atoms with van der Waals surface area (Å²) in [5, 5.41) is 7.94. The van der Waals surface area contributed by atoms with Crippen LogP contribution < -0.4 is 10.5 Å². The number of hydrogen-bond donors (Lipinski definition) is 1. The van der Waals surface area contributed by atoms with Gasteiger partial charge in [-0.05, 0) is 19.9 Å². The first-order valence-electron chi connectivity index (χ1n) is 5.92. The highest BCUT2D eigenvalue weighted by molar-refractivity contribution is 5.29. The molecule has 0 aliphatic heterocycles. The van der Waals surface area contributed by atoms with Gasteiger partial charge in [-0.25, -0.2) is 9.07 Å². The molecule has 0 aliphatic rings. The minimum absolute atomic E-state index is 0.304. The van der Waals surface area contributed by atoms with Crippen LogP contribution >= 0.6 is 0 Å². The number of methoxy groups -OCH3 is 1. The van der Waals surface area contributed by atoms with Gasteiger partial charge in [0.05, 0.1) is 25.4 Å². The van der Waals surface area contributed by atoms with Crippen LogP contribution in [0.1, 0.15) is 25.1 Å². The number of ether oxygens (including phenoxy) is 1. The van der Waals surface area contributed by atoms with Crippen molar-refractivity contribution in [1.29, 1.82) is 0 Å². The molecule has 0 saturated heterocycles. The van der Waals surface area contributed by atoms with E-state index >= 15 is 0 Å². The molecule has 0 radical (unpaired) electrons. The molecular formula is C13H17FN4O. The monoisotopic (exact) mass is 264 g/mol. The van der Waals surface area contributed by atoms with Gasteiger partial charge < -0.3 is 10.5 Å². The van der Waals surface area contributed by atoms with E-state index in [-0.39, 0.29) is 5.82 Å². The molecule has 1 heterocycles. The lowest BCUT2D eigenvalue weighted by molar-refractivity contribution is 0.410. The summed E-state index contributed by atoms with van der Waals surface area (Å²) in [6.45, 7) is 3.99. The number of nitrogens with two attached hydrogens (primary N) is 1. The van der Waals surface area contributed by atoms with Crippen molar-refractivity contribution >= 4 is 0 Å². The highest BCUT2D eigenvalue weighted by Gasteiger charge is 2.18. The molecule has 2 rings (SSSR count). The number of halogens is 1. The third-order valence-electron chi connectivity index (χ3n) is 2.79. The van der Waals surface area contributed by atoms with E-state index in [1.54, 1.807) is 23.0 Å². The van der Waals surface area contributed by atoms with Gasteiger partial charge in [-0.15, -0.1) is 5.10 Å². The van der Waals surface area contributed by atoms with Gasteiger partial charge in [0.1, 0.15) is 17.3 Å². The average molecular weight is 264 g/mol. The standard InChI is InChI=1S/C13H17FN4O/c1-13(2,15)12-8-18(17-16-12)7-9-4-5-10(19-3)6-11(9)14/h4-6,8H,7,15H2,1-3H3. The van der Waals surface area contributed by atoms with E-state index in [9.17, 15) is 4.39 Å². The lowest BCUT2D eigenvalue weighted by Crippen LogP contribution is -2.29. The van der Waals surface area contributed by atoms with Crippen LogP contribution in [0.4, 0.5) is 4.39 Å². The van der Waals surface area contributed by atoms with Crippen molar-refractivity contribution in [3.8, 4) is 5.75 Å². The smallest absolute Gasteiger partial charge is 0.131 e. The van der Waals surface area contributed by atoms with Gasteiger partial charge in [0.2, 0.25) is 0 Å². The Bertz CT molecular complexity index is 574. The van der Waals surface area contributed by atoms with Crippen LogP contribution in [-0.4, -0.2) is 22.1 Å². The average Bonchev–Trinajstić information content (AvgIpc) is 2.80. The molecule has 0 aliphatic carbocycles. The fourth-order valence-electron chi connectivity index (χ4n) is 1.63. The van der Waals surface area contributed by atoms with Crippen molar-refractivity contribution in [3.63, 3.8) is 0 Å². The number of aromatic nitrogens is 3. The Morgan fingerprint density at radius 2 is 2.16 bits per heavy atom. The molecule has 2 aromatic rings. The molecule has 0 amide bonds. The van der Waals surface area contributed by atoms with Gasteiger partial charge in [-0.2, -0.15) is 0 Å². The molecule has 0 unspecified atom stereocenters. The lowest BCUT2D eigenvalue weighted by Gasteiger charge is -2.13. The number of rotatable bonds is 4. The van der Waals surface area contributed by atoms with E-state index in [4.69, 9.17) is 10.5 Å². The second-order valence-corrected chi connectivity index (χ2v) is 4.98. The van der Waals surface area contributed by atoms with Crippen LogP contribution in [0, 0.1) is 5.82 Å². The maximum atomic E-state index is 13.8. The summed E-state index contributed by atoms with van der Waals surface area (Å²) in [6.07, 6.45) is 1.73. The molecule has 0 saturated carbocycles. The van der Waals surface area contributed by atoms with Gasteiger partial charge in [0.25, 0.3) is 0 Å². The first-order valence-corrected chi connectivity index (χ1v) is 5.92. The molecule has 2 N–H and O–H groups in total. The van der Waals surface area contributed by atoms with Gasteiger partial charge >= 0.3 is 0 Å². The summed E-state index contributed by atoms with van der Waals surface area (Å²) in [4.78, 5) is 0. The van der Waals surface area contributed by atoms with Crippen molar-refractivity contribution in [2.75, 3.05) is 7.11 Å². The van der Waals surface area contributed by atoms with Crippen molar-refractivity contribution in [3.05, 3.63) is 41.5 Å². The van der Waals surface area contributed by atoms with Crippen LogP contribution in [0.5, 0.6) is 5.75 Å². The van der Waals surface area contributed by atoms with Crippen LogP contribution in [0.2, 0.25) is 0 Å². The summed E-state index contributed by atoms with van der Waals surface area (Å²) in [6, 6.07) is 4.73. The Kier molecular flexibility index (Phi) is 3.53. The van der Waals surface area contributed by atoms with E-state index in [1.165, 1.54) is 13.2 Å². The second-order valence-electron chi connectivity index (χ2n) is 4.98. The van der Waals surface area contributed by atoms with E-state index in [0.29, 0.717) is 23.6 Å². The number of nitrogens with zero attached hydrogens (tertiary/aromatic N) is 3. The van der Waals surface area contributed by atoms with Crippen LogP contribution in [0.15, 0.2) is 24.4 Å². The zero-order valence-electron chi connectivity index (χ0n) is 11.2. The maximum absolute atomic E-state index is 13.8. The Morgan fingerprint density at radius 1 is 1.42 bits per heavy atom. The zero-order chi connectivity index (χ0) is 14.0. The first-order chi connectivity index (χ1) is 8.90. The van der Waals surface area contributed by atoms with Gasteiger partial charge in [-0.3, -0.25) is 0 Å². The molecule has 1 aromatic heterocycles. The maximum Gasteiger partial charge on any atom is 0.131 e. The number of benzene rings is 1. The largest absolute Gasteiger partial charge is 0.497 e. The van der Waals surface area contributed by atoms with Gasteiger partial charge in [-0.1, -0.05) is 11.3 Å². The Morgan fingerprint density at radius 3 is 2.68 bits per heavy atom. The SMILES string of the molecule is COc1ccc(Cn2cc(C(C)(C)N)nn2)c(F)c1. The number of hydrogen-bond acceptors (Lipinski definition) is 4. The molecule has 0 atom stereocenters. The van der Waals surface area contributed by atoms with Crippen LogP contribution in [-0.2, 0) is 12.1 Å². The van der Waals surface area contributed by atoms with E-state index in [2.05, 4.69) is 10.3 Å². The molecule has 19 heavy (non-hydrogen) atoms. The van der Waals surface area contributed by atoms with Crippen LogP contribution in [0.3, 0.4) is 0 Å². The molecule has 1 aromatic carbocycles. The highest BCUT2D eigenvalue weighted by atomic mass is 19.1. The molecule has 0 spiro atoms. The summed E-state index contributed by atoms with van der Waals surface area (Å²) in [7, 11) is 1.50. The normalized spacial score (nSPS) is 11.6. The van der Waals surface area contributed by atoms with Crippen molar-refractivity contribution < 1.29 is 9.13 Å². The summed E-state index contributed by atoms with van der Waals surface area (Å²) in [5.41, 5.74) is 6.55. The first kappa shape index (κ1) is 13.5. The Balaban J connectivity index is 2.20. The third kappa shape index (κ3) is 3.08. The zero-order valence-corrected chi connectivity index (χ0v) is 11.2. The van der Waals surface area contributed by atoms with E-state index in [0.717, 1.165) is 0 Å². The fraction of sp³-hybridized carbons (Fsp3) is 0.385. The minimum atomic E-state index is -0.559. The molecule has 6 heteroatoms. The lowest BCUT2D eigenvalue weighted by atomic mass is 10.0. The Hall–Kier alpha value is -1.95. The molecular weight excluding hydrogens is 247 g/mol. The third-order valence-corrected chi connectivity index (χ3v) is 2.79. The second kappa shape index (κ2) is 4.97. The fourth-order valence-corrected chi connectivity index (χ4v) is 1.63. The van der Waals surface area contributed by atoms with Gasteiger partial charge in [0, 0.05) is 11.6 Å². The Labute approximate surface area is 111 Å². The topological polar surface area (TPSA) is 66.0 Å².